The molecule has 2 rings (SSSR count). The van der Waals surface area contributed by atoms with Crippen molar-refractivity contribution in [2.75, 3.05) is 13.2 Å². The van der Waals surface area contributed by atoms with Crippen molar-refractivity contribution in [3.8, 4) is 0 Å². The third-order valence-corrected chi connectivity index (χ3v) is 3.47. The van der Waals surface area contributed by atoms with Gasteiger partial charge in [0.05, 0.1) is 17.7 Å². The van der Waals surface area contributed by atoms with Gasteiger partial charge in [-0.25, -0.2) is 4.39 Å². The zero-order valence-electron chi connectivity index (χ0n) is 11.4. The lowest BCUT2D eigenvalue weighted by Gasteiger charge is -2.19. The first kappa shape index (κ1) is 14.7. The Bertz CT molecular complexity index is 453. The minimum atomic E-state index is -0.512. The summed E-state index contributed by atoms with van der Waals surface area (Å²) in [5.74, 6) is -0.906. The molecule has 3 nitrogen and oxygen atoms in total. The fourth-order valence-electron chi connectivity index (χ4n) is 2.07. The van der Waals surface area contributed by atoms with Crippen LogP contribution in [0.2, 0.25) is 5.02 Å². The monoisotopic (exact) mass is 287 g/mol. The van der Waals surface area contributed by atoms with E-state index in [0.29, 0.717) is 13.2 Å². The molecule has 0 saturated carbocycles. The van der Waals surface area contributed by atoms with Crippen LogP contribution in [0.5, 0.6) is 0 Å². The Balaban J connectivity index is 1.87. The summed E-state index contributed by atoms with van der Waals surface area (Å²) in [6, 6.07) is 4.87. The van der Waals surface area contributed by atoms with Gasteiger partial charge in [-0.1, -0.05) is 17.7 Å². The van der Waals surface area contributed by atoms with Gasteiger partial charge in [0.1, 0.15) is 5.82 Å². The molecule has 1 aromatic carbocycles. The van der Waals surface area contributed by atoms with Crippen molar-refractivity contribution in [2.45, 2.75) is 38.7 Å². The van der Waals surface area contributed by atoms with E-state index in [9.17, 15) is 4.39 Å². The molecule has 2 atom stereocenters. The van der Waals surface area contributed by atoms with E-state index in [4.69, 9.17) is 21.1 Å². The van der Waals surface area contributed by atoms with E-state index in [1.807, 2.05) is 26.8 Å². The van der Waals surface area contributed by atoms with Crippen molar-refractivity contribution in [2.24, 2.45) is 0 Å². The van der Waals surface area contributed by atoms with Gasteiger partial charge in [0.25, 0.3) is 0 Å². The van der Waals surface area contributed by atoms with E-state index in [0.717, 1.165) is 5.56 Å². The first-order valence-corrected chi connectivity index (χ1v) is 6.75. The largest absolute Gasteiger partial charge is 0.348 e. The Kier molecular flexibility index (Phi) is 4.46. The number of benzene rings is 1. The van der Waals surface area contributed by atoms with Crippen LogP contribution in [0, 0.1) is 5.82 Å². The van der Waals surface area contributed by atoms with Crippen LogP contribution in [0.4, 0.5) is 4.39 Å². The maximum Gasteiger partial charge on any atom is 0.163 e. The van der Waals surface area contributed by atoms with E-state index < -0.39 is 11.6 Å². The topological polar surface area (TPSA) is 30.5 Å². The molecule has 19 heavy (non-hydrogen) atoms. The number of rotatable bonds is 4. The lowest BCUT2D eigenvalue weighted by atomic mass is 10.1. The van der Waals surface area contributed by atoms with Gasteiger partial charge >= 0.3 is 0 Å². The summed E-state index contributed by atoms with van der Waals surface area (Å²) in [6.45, 7) is 7.00. The normalized spacial score (nSPS) is 23.5. The molecule has 1 aliphatic rings. The van der Waals surface area contributed by atoms with Crippen molar-refractivity contribution in [3.05, 3.63) is 34.6 Å². The second-order valence-corrected chi connectivity index (χ2v) is 5.66. The summed E-state index contributed by atoms with van der Waals surface area (Å²) in [5.41, 5.74) is 0.861. The van der Waals surface area contributed by atoms with E-state index in [1.165, 1.54) is 6.07 Å². The Morgan fingerprint density at radius 2 is 2.26 bits per heavy atom. The standard InChI is InChI=1S/C14H19ClFNO2/c1-9(10-4-5-12(15)13(16)6-10)17-7-11-8-18-14(2,3)19-11/h4-6,9,11,17H,7-8H2,1-3H3. The molecule has 5 heteroatoms. The van der Waals surface area contributed by atoms with Crippen molar-refractivity contribution >= 4 is 11.6 Å². The Hall–Kier alpha value is -0.680. The second kappa shape index (κ2) is 5.75. The lowest BCUT2D eigenvalue weighted by molar-refractivity contribution is -0.137. The highest BCUT2D eigenvalue weighted by atomic mass is 35.5. The number of halogens is 2. The van der Waals surface area contributed by atoms with E-state index in [1.54, 1.807) is 6.07 Å². The van der Waals surface area contributed by atoms with Gasteiger partial charge in [0.2, 0.25) is 0 Å². The van der Waals surface area contributed by atoms with Gasteiger partial charge < -0.3 is 14.8 Å². The molecular weight excluding hydrogens is 269 g/mol. The minimum Gasteiger partial charge on any atom is -0.348 e. The number of ether oxygens (including phenoxy) is 2. The van der Waals surface area contributed by atoms with E-state index in [2.05, 4.69) is 5.32 Å². The molecular formula is C14H19ClFNO2. The molecule has 0 radical (unpaired) electrons. The predicted octanol–water partition coefficient (Wildman–Crippen LogP) is 3.28. The van der Waals surface area contributed by atoms with Gasteiger partial charge in [-0.05, 0) is 38.5 Å². The maximum atomic E-state index is 13.4. The van der Waals surface area contributed by atoms with Crippen molar-refractivity contribution in [1.29, 1.82) is 0 Å². The number of hydrogen-bond acceptors (Lipinski definition) is 3. The summed E-state index contributed by atoms with van der Waals surface area (Å²) in [5, 5.41) is 3.45. The molecule has 1 heterocycles. The quantitative estimate of drug-likeness (QED) is 0.922. The molecule has 0 spiro atoms. The third-order valence-electron chi connectivity index (χ3n) is 3.16. The Morgan fingerprint density at radius 1 is 1.53 bits per heavy atom. The van der Waals surface area contributed by atoms with Crippen LogP contribution in [0.1, 0.15) is 32.4 Å². The molecule has 2 unspecified atom stereocenters. The first-order chi connectivity index (χ1) is 8.87. The Morgan fingerprint density at radius 3 is 2.84 bits per heavy atom. The van der Waals surface area contributed by atoms with Crippen molar-refractivity contribution in [3.63, 3.8) is 0 Å². The molecule has 1 aliphatic heterocycles. The third kappa shape index (κ3) is 3.89. The van der Waals surface area contributed by atoms with Crippen LogP contribution in [0.25, 0.3) is 0 Å². The average molecular weight is 288 g/mol. The van der Waals surface area contributed by atoms with E-state index in [-0.39, 0.29) is 17.2 Å². The highest BCUT2D eigenvalue weighted by Gasteiger charge is 2.32. The predicted molar refractivity (Wildman–Crippen MR) is 72.7 cm³/mol. The zero-order valence-corrected chi connectivity index (χ0v) is 12.1. The molecule has 106 valence electrons. The van der Waals surface area contributed by atoms with Gasteiger partial charge in [-0.3, -0.25) is 0 Å². The van der Waals surface area contributed by atoms with Crippen molar-refractivity contribution < 1.29 is 13.9 Å². The first-order valence-electron chi connectivity index (χ1n) is 6.37. The summed E-state index contributed by atoms with van der Waals surface area (Å²) < 4.78 is 24.6. The molecule has 1 N–H and O–H groups in total. The summed E-state index contributed by atoms with van der Waals surface area (Å²) in [7, 11) is 0. The number of hydrogen-bond donors (Lipinski definition) is 1. The van der Waals surface area contributed by atoms with Crippen LogP contribution in [0.3, 0.4) is 0 Å². The van der Waals surface area contributed by atoms with Crippen LogP contribution >= 0.6 is 11.6 Å². The minimum absolute atomic E-state index is 0.0228. The van der Waals surface area contributed by atoms with Crippen LogP contribution in [-0.4, -0.2) is 25.0 Å². The smallest absolute Gasteiger partial charge is 0.163 e. The molecule has 0 bridgehead atoms. The molecule has 1 aromatic rings. The number of nitrogens with one attached hydrogen (secondary N) is 1. The average Bonchev–Trinajstić information content (AvgIpc) is 2.69. The SMILES string of the molecule is CC(NCC1COC(C)(C)O1)c1ccc(Cl)c(F)c1. The highest BCUT2D eigenvalue weighted by molar-refractivity contribution is 6.30. The highest BCUT2D eigenvalue weighted by Crippen LogP contribution is 2.23. The van der Waals surface area contributed by atoms with Crippen LogP contribution < -0.4 is 5.32 Å². The zero-order chi connectivity index (χ0) is 14.0. The molecule has 0 aliphatic carbocycles. The molecule has 0 aromatic heterocycles. The van der Waals surface area contributed by atoms with Crippen LogP contribution in [0.15, 0.2) is 18.2 Å². The molecule has 0 amide bonds. The summed E-state index contributed by atoms with van der Waals surface area (Å²) in [6.07, 6.45) is 0.0228. The Labute approximate surface area is 118 Å². The van der Waals surface area contributed by atoms with E-state index >= 15 is 0 Å². The summed E-state index contributed by atoms with van der Waals surface area (Å²) in [4.78, 5) is 0. The summed E-state index contributed by atoms with van der Waals surface area (Å²) >= 11 is 5.67. The van der Waals surface area contributed by atoms with Crippen molar-refractivity contribution in [1.82, 2.24) is 5.32 Å². The molecule has 1 saturated heterocycles. The fraction of sp³-hybridized carbons (Fsp3) is 0.571. The maximum absolute atomic E-state index is 13.4. The lowest BCUT2D eigenvalue weighted by Crippen LogP contribution is -2.32. The van der Waals surface area contributed by atoms with Gasteiger partial charge in [0.15, 0.2) is 5.79 Å². The molecule has 1 fully saturated rings. The van der Waals surface area contributed by atoms with Gasteiger partial charge in [-0.15, -0.1) is 0 Å². The second-order valence-electron chi connectivity index (χ2n) is 5.25. The van der Waals surface area contributed by atoms with Gasteiger partial charge in [-0.2, -0.15) is 0 Å². The van der Waals surface area contributed by atoms with Crippen LogP contribution in [-0.2, 0) is 9.47 Å². The van der Waals surface area contributed by atoms with Gasteiger partial charge in [0, 0.05) is 12.6 Å². The fourth-order valence-corrected chi connectivity index (χ4v) is 2.19.